The number of hydrogen-bond donors (Lipinski definition) is 1. The number of rotatable bonds is 6. The van der Waals surface area contributed by atoms with Crippen LogP contribution in [0.1, 0.15) is 18.0 Å². The number of benzene rings is 1. The highest BCUT2D eigenvalue weighted by molar-refractivity contribution is 6.30. The molecular formula is C13H16ClNO4. The Bertz CT molecular complexity index is 433. The molecule has 1 unspecified atom stereocenters. The van der Waals surface area contributed by atoms with Crippen molar-refractivity contribution < 1.29 is 19.1 Å². The van der Waals surface area contributed by atoms with Gasteiger partial charge in [0, 0.05) is 12.1 Å². The molecule has 1 amide bonds. The van der Waals surface area contributed by atoms with E-state index < -0.39 is 12.0 Å². The second-order valence-corrected chi connectivity index (χ2v) is 4.32. The van der Waals surface area contributed by atoms with Crippen LogP contribution in [-0.2, 0) is 19.1 Å². The van der Waals surface area contributed by atoms with Gasteiger partial charge in [-0.15, -0.1) is 0 Å². The molecular weight excluding hydrogens is 270 g/mol. The predicted octanol–water partition coefficient (Wildman–Crippen LogP) is 1.71. The first-order valence-electron chi connectivity index (χ1n) is 5.67. The van der Waals surface area contributed by atoms with Crippen LogP contribution >= 0.6 is 11.6 Å². The minimum atomic E-state index is -0.465. The molecule has 0 bridgehead atoms. The smallest absolute Gasteiger partial charge is 0.307 e. The van der Waals surface area contributed by atoms with Gasteiger partial charge in [-0.25, -0.2) is 0 Å². The zero-order valence-corrected chi connectivity index (χ0v) is 11.6. The van der Waals surface area contributed by atoms with Gasteiger partial charge in [0.1, 0.15) is 6.61 Å². The summed E-state index contributed by atoms with van der Waals surface area (Å²) in [7, 11) is 2.73. The third kappa shape index (κ3) is 5.28. The van der Waals surface area contributed by atoms with Gasteiger partial charge in [-0.3, -0.25) is 9.59 Å². The van der Waals surface area contributed by atoms with Crippen LogP contribution in [0.25, 0.3) is 0 Å². The van der Waals surface area contributed by atoms with Crippen LogP contribution in [-0.4, -0.2) is 32.7 Å². The Kier molecular flexibility index (Phi) is 6.32. The highest BCUT2D eigenvalue weighted by atomic mass is 35.5. The molecule has 0 spiro atoms. The number of ether oxygens (including phenoxy) is 2. The Hall–Kier alpha value is -1.59. The largest absolute Gasteiger partial charge is 0.469 e. The van der Waals surface area contributed by atoms with Gasteiger partial charge in [0.05, 0.1) is 19.6 Å². The first-order valence-corrected chi connectivity index (χ1v) is 6.05. The Morgan fingerprint density at radius 2 is 1.89 bits per heavy atom. The number of methoxy groups -OCH3 is 2. The summed E-state index contributed by atoms with van der Waals surface area (Å²) < 4.78 is 9.36. The standard InChI is InChI=1S/C13H16ClNO4/c1-18-8-12(16)15-11(7-13(17)19-2)9-3-5-10(14)6-4-9/h3-6,11H,7-8H2,1-2H3,(H,15,16). The Morgan fingerprint density at radius 3 is 2.42 bits per heavy atom. The van der Waals surface area contributed by atoms with Gasteiger partial charge in [-0.05, 0) is 17.7 Å². The molecule has 0 saturated carbocycles. The maximum Gasteiger partial charge on any atom is 0.307 e. The van der Waals surface area contributed by atoms with E-state index in [0.29, 0.717) is 5.02 Å². The molecule has 6 heteroatoms. The number of halogens is 1. The van der Waals surface area contributed by atoms with Crippen molar-refractivity contribution in [1.82, 2.24) is 5.32 Å². The Labute approximate surface area is 116 Å². The van der Waals surface area contributed by atoms with Gasteiger partial charge in [0.2, 0.25) is 5.91 Å². The van der Waals surface area contributed by atoms with Crippen LogP contribution in [0, 0.1) is 0 Å². The van der Waals surface area contributed by atoms with Gasteiger partial charge >= 0.3 is 5.97 Å². The van der Waals surface area contributed by atoms with Crippen molar-refractivity contribution in [3.63, 3.8) is 0 Å². The van der Waals surface area contributed by atoms with E-state index in [-0.39, 0.29) is 18.9 Å². The molecule has 0 fully saturated rings. The van der Waals surface area contributed by atoms with Gasteiger partial charge < -0.3 is 14.8 Å². The number of hydrogen-bond acceptors (Lipinski definition) is 4. The number of carbonyl (C=O) groups excluding carboxylic acids is 2. The van der Waals surface area contributed by atoms with Gasteiger partial charge in [0.15, 0.2) is 0 Å². The monoisotopic (exact) mass is 285 g/mol. The third-order valence-electron chi connectivity index (χ3n) is 2.48. The van der Waals surface area contributed by atoms with Crippen molar-refractivity contribution in [1.29, 1.82) is 0 Å². The Balaban J connectivity index is 2.82. The lowest BCUT2D eigenvalue weighted by atomic mass is 10.0. The number of amides is 1. The van der Waals surface area contributed by atoms with Gasteiger partial charge in [-0.2, -0.15) is 0 Å². The summed E-state index contributed by atoms with van der Waals surface area (Å²) >= 11 is 5.81. The number of nitrogens with one attached hydrogen (secondary N) is 1. The first-order chi connectivity index (χ1) is 9.06. The van der Waals surface area contributed by atoms with Crippen LogP contribution in [0.4, 0.5) is 0 Å². The molecule has 0 radical (unpaired) electrons. The molecule has 5 nitrogen and oxygen atoms in total. The van der Waals surface area contributed by atoms with Crippen molar-refractivity contribution in [3.8, 4) is 0 Å². The highest BCUT2D eigenvalue weighted by Gasteiger charge is 2.18. The minimum absolute atomic E-state index is 0.0492. The normalized spacial score (nSPS) is 11.7. The molecule has 1 rings (SSSR count). The lowest BCUT2D eigenvalue weighted by molar-refractivity contribution is -0.141. The molecule has 0 heterocycles. The van der Waals surface area contributed by atoms with E-state index in [0.717, 1.165) is 5.56 Å². The van der Waals surface area contributed by atoms with E-state index in [9.17, 15) is 9.59 Å². The Morgan fingerprint density at radius 1 is 1.26 bits per heavy atom. The van der Waals surface area contributed by atoms with E-state index in [2.05, 4.69) is 10.1 Å². The van der Waals surface area contributed by atoms with Crippen molar-refractivity contribution in [2.75, 3.05) is 20.8 Å². The molecule has 0 aliphatic heterocycles. The zero-order chi connectivity index (χ0) is 14.3. The fraction of sp³-hybridized carbons (Fsp3) is 0.385. The predicted molar refractivity (Wildman–Crippen MR) is 70.8 cm³/mol. The SMILES string of the molecule is COCC(=O)NC(CC(=O)OC)c1ccc(Cl)cc1. The molecule has 1 atom stereocenters. The molecule has 1 N–H and O–H groups in total. The van der Waals surface area contributed by atoms with Crippen LogP contribution in [0.5, 0.6) is 0 Å². The molecule has 1 aromatic carbocycles. The molecule has 0 aromatic heterocycles. The van der Waals surface area contributed by atoms with E-state index in [1.165, 1.54) is 14.2 Å². The fourth-order valence-corrected chi connectivity index (χ4v) is 1.69. The fourth-order valence-electron chi connectivity index (χ4n) is 1.56. The molecule has 0 aliphatic carbocycles. The molecule has 0 aliphatic rings. The molecule has 19 heavy (non-hydrogen) atoms. The topological polar surface area (TPSA) is 64.6 Å². The minimum Gasteiger partial charge on any atom is -0.469 e. The maximum absolute atomic E-state index is 11.5. The highest BCUT2D eigenvalue weighted by Crippen LogP contribution is 2.19. The van der Waals surface area contributed by atoms with Crippen molar-refractivity contribution in [3.05, 3.63) is 34.9 Å². The van der Waals surface area contributed by atoms with Crippen molar-refractivity contribution in [2.24, 2.45) is 0 Å². The van der Waals surface area contributed by atoms with E-state index in [1.54, 1.807) is 24.3 Å². The summed E-state index contributed by atoms with van der Waals surface area (Å²) in [5.41, 5.74) is 0.777. The maximum atomic E-state index is 11.5. The third-order valence-corrected chi connectivity index (χ3v) is 2.73. The van der Waals surface area contributed by atoms with Crippen LogP contribution in [0.3, 0.4) is 0 Å². The van der Waals surface area contributed by atoms with Crippen LogP contribution < -0.4 is 5.32 Å². The zero-order valence-electron chi connectivity index (χ0n) is 10.8. The van der Waals surface area contributed by atoms with Crippen molar-refractivity contribution >= 4 is 23.5 Å². The number of carbonyl (C=O) groups is 2. The summed E-state index contributed by atoms with van der Waals surface area (Å²) in [6.07, 6.45) is 0.0492. The average Bonchev–Trinajstić information content (AvgIpc) is 2.39. The molecule has 104 valence electrons. The first kappa shape index (κ1) is 15.5. The van der Waals surface area contributed by atoms with Gasteiger partial charge in [-0.1, -0.05) is 23.7 Å². The lowest BCUT2D eigenvalue weighted by Crippen LogP contribution is -2.32. The van der Waals surface area contributed by atoms with E-state index >= 15 is 0 Å². The van der Waals surface area contributed by atoms with Crippen molar-refractivity contribution in [2.45, 2.75) is 12.5 Å². The van der Waals surface area contributed by atoms with Crippen LogP contribution in [0.2, 0.25) is 5.02 Å². The molecule has 0 saturated heterocycles. The molecule has 1 aromatic rings. The average molecular weight is 286 g/mol. The second-order valence-electron chi connectivity index (χ2n) is 3.88. The quantitative estimate of drug-likeness (QED) is 0.808. The second kappa shape index (κ2) is 7.76. The summed E-state index contributed by atoms with van der Waals surface area (Å²) in [5.74, 6) is -0.705. The number of esters is 1. The summed E-state index contributed by atoms with van der Waals surface area (Å²) in [4.78, 5) is 22.9. The summed E-state index contributed by atoms with van der Waals surface area (Å²) in [5, 5.41) is 3.30. The summed E-state index contributed by atoms with van der Waals surface area (Å²) in [6, 6.07) is 6.44. The van der Waals surface area contributed by atoms with Crippen LogP contribution in [0.15, 0.2) is 24.3 Å². The van der Waals surface area contributed by atoms with Gasteiger partial charge in [0.25, 0.3) is 0 Å². The lowest BCUT2D eigenvalue weighted by Gasteiger charge is -2.18. The summed E-state index contributed by atoms with van der Waals surface area (Å²) in [6.45, 7) is -0.0642. The van der Waals surface area contributed by atoms with E-state index in [4.69, 9.17) is 16.3 Å². The van der Waals surface area contributed by atoms with E-state index in [1.807, 2.05) is 0 Å².